The highest BCUT2D eigenvalue weighted by atomic mass is 32.1. The Morgan fingerprint density at radius 3 is 2.56 bits per heavy atom. The first-order chi connectivity index (χ1) is 8.68. The van der Waals surface area contributed by atoms with E-state index >= 15 is 0 Å². The molecule has 2 atom stereocenters. The Bertz CT molecular complexity index is 330. The van der Waals surface area contributed by atoms with E-state index in [9.17, 15) is 5.11 Å². The largest absolute Gasteiger partial charge is 0.386 e. The topological polar surface area (TPSA) is 32.3 Å². The maximum Gasteiger partial charge on any atom is 0.104 e. The summed E-state index contributed by atoms with van der Waals surface area (Å²) in [5.74, 6) is 0.448. The molecule has 0 aromatic carbocycles. The Labute approximate surface area is 114 Å². The molecule has 0 bridgehead atoms. The van der Waals surface area contributed by atoms with Gasteiger partial charge in [-0.1, -0.05) is 39.2 Å². The van der Waals surface area contributed by atoms with Crippen molar-refractivity contribution < 1.29 is 5.11 Å². The van der Waals surface area contributed by atoms with Crippen LogP contribution in [0.3, 0.4) is 0 Å². The number of aliphatic hydroxyl groups excluding tert-OH is 1. The van der Waals surface area contributed by atoms with Gasteiger partial charge in [-0.3, -0.25) is 0 Å². The molecule has 2 nitrogen and oxygen atoms in total. The Balaban J connectivity index is 1.98. The van der Waals surface area contributed by atoms with Gasteiger partial charge >= 0.3 is 0 Å². The van der Waals surface area contributed by atoms with Crippen molar-refractivity contribution in [2.45, 2.75) is 64.1 Å². The second kappa shape index (κ2) is 6.69. The fourth-order valence-electron chi connectivity index (χ4n) is 2.83. The molecule has 1 aromatic rings. The van der Waals surface area contributed by atoms with Gasteiger partial charge in [0.1, 0.15) is 6.10 Å². The molecule has 0 radical (unpaired) electrons. The summed E-state index contributed by atoms with van der Waals surface area (Å²) in [7, 11) is 0. The average molecular weight is 267 g/mol. The van der Waals surface area contributed by atoms with E-state index in [0.29, 0.717) is 12.0 Å². The van der Waals surface area contributed by atoms with Gasteiger partial charge in [0, 0.05) is 17.0 Å². The Morgan fingerprint density at radius 2 is 2.00 bits per heavy atom. The summed E-state index contributed by atoms with van der Waals surface area (Å²) in [4.78, 5) is 1.08. The number of thiophene rings is 1. The third-order valence-electron chi connectivity index (χ3n) is 3.93. The van der Waals surface area contributed by atoms with Crippen molar-refractivity contribution in [2.24, 2.45) is 5.92 Å². The minimum atomic E-state index is -0.369. The molecule has 1 aliphatic rings. The number of nitrogens with one attached hydrogen (secondary N) is 1. The fraction of sp³-hybridized carbons (Fsp3) is 0.733. The summed E-state index contributed by atoms with van der Waals surface area (Å²) in [6.45, 7) is 4.38. The second-order valence-corrected chi connectivity index (χ2v) is 6.71. The van der Waals surface area contributed by atoms with E-state index in [-0.39, 0.29) is 12.1 Å². The van der Waals surface area contributed by atoms with Crippen LogP contribution in [0.4, 0.5) is 0 Å². The smallest absolute Gasteiger partial charge is 0.104 e. The molecule has 0 spiro atoms. The van der Waals surface area contributed by atoms with Crippen LogP contribution in [-0.2, 0) is 0 Å². The molecule has 0 aliphatic heterocycles. The number of hydrogen-bond donors (Lipinski definition) is 2. The summed E-state index contributed by atoms with van der Waals surface area (Å²) in [5.41, 5.74) is 0. The summed E-state index contributed by atoms with van der Waals surface area (Å²) in [5, 5.41) is 16.3. The van der Waals surface area contributed by atoms with Gasteiger partial charge in [0.2, 0.25) is 0 Å². The van der Waals surface area contributed by atoms with Crippen LogP contribution in [0.2, 0.25) is 0 Å². The highest BCUT2D eigenvalue weighted by Crippen LogP contribution is 2.27. The van der Waals surface area contributed by atoms with Gasteiger partial charge in [-0.2, -0.15) is 0 Å². The summed E-state index contributed by atoms with van der Waals surface area (Å²) >= 11 is 1.65. The third kappa shape index (κ3) is 3.56. The molecule has 1 heterocycles. The van der Waals surface area contributed by atoms with Gasteiger partial charge in [-0.25, -0.2) is 0 Å². The van der Waals surface area contributed by atoms with E-state index < -0.39 is 0 Å². The molecule has 18 heavy (non-hydrogen) atoms. The molecule has 102 valence electrons. The first-order valence-corrected chi connectivity index (χ1v) is 8.04. The van der Waals surface area contributed by atoms with E-state index in [0.717, 1.165) is 4.88 Å². The van der Waals surface area contributed by atoms with Crippen LogP contribution in [0.5, 0.6) is 0 Å². The van der Waals surface area contributed by atoms with E-state index in [1.54, 1.807) is 11.3 Å². The van der Waals surface area contributed by atoms with Gasteiger partial charge in [0.05, 0.1) is 0 Å². The summed E-state index contributed by atoms with van der Waals surface area (Å²) < 4.78 is 0. The average Bonchev–Trinajstić information content (AvgIpc) is 2.90. The molecular weight excluding hydrogens is 242 g/mol. The van der Waals surface area contributed by atoms with E-state index in [1.807, 2.05) is 17.5 Å². The van der Waals surface area contributed by atoms with Gasteiger partial charge in [-0.05, 0) is 30.2 Å². The Kier molecular flexibility index (Phi) is 5.22. The normalized spacial score (nSPS) is 21.1. The minimum Gasteiger partial charge on any atom is -0.386 e. The lowest BCUT2D eigenvalue weighted by molar-refractivity contribution is 0.0963. The van der Waals surface area contributed by atoms with Gasteiger partial charge in [-0.15, -0.1) is 11.3 Å². The molecule has 2 N–H and O–H groups in total. The van der Waals surface area contributed by atoms with Crippen LogP contribution >= 0.6 is 11.3 Å². The first kappa shape index (κ1) is 14.0. The van der Waals surface area contributed by atoms with Crippen molar-refractivity contribution in [1.82, 2.24) is 5.32 Å². The van der Waals surface area contributed by atoms with Crippen molar-refractivity contribution in [3.63, 3.8) is 0 Å². The van der Waals surface area contributed by atoms with Gasteiger partial charge in [0.15, 0.2) is 0 Å². The number of hydrogen-bond acceptors (Lipinski definition) is 3. The first-order valence-electron chi connectivity index (χ1n) is 7.16. The predicted molar refractivity (Wildman–Crippen MR) is 77.9 cm³/mol. The molecule has 1 fully saturated rings. The Hall–Kier alpha value is -0.380. The van der Waals surface area contributed by atoms with Crippen LogP contribution in [-0.4, -0.2) is 17.2 Å². The minimum absolute atomic E-state index is 0.173. The zero-order chi connectivity index (χ0) is 13.0. The standard InChI is InChI=1S/C15H25NOS/c1-11(2)14(15(17)13-9-6-10-18-13)16-12-7-4-3-5-8-12/h6,9-12,14-17H,3-5,7-8H2,1-2H3. The van der Waals surface area contributed by atoms with Crippen LogP contribution in [0, 0.1) is 5.92 Å². The summed E-state index contributed by atoms with van der Waals surface area (Å²) in [6.07, 6.45) is 6.19. The fourth-order valence-corrected chi connectivity index (χ4v) is 3.58. The second-order valence-electron chi connectivity index (χ2n) is 5.73. The Morgan fingerprint density at radius 1 is 1.28 bits per heavy atom. The molecule has 0 saturated heterocycles. The van der Waals surface area contributed by atoms with E-state index in [4.69, 9.17) is 0 Å². The highest BCUT2D eigenvalue weighted by Gasteiger charge is 2.27. The molecule has 0 amide bonds. The lowest BCUT2D eigenvalue weighted by Gasteiger charge is -2.33. The van der Waals surface area contributed by atoms with E-state index in [2.05, 4.69) is 19.2 Å². The monoisotopic (exact) mass is 267 g/mol. The van der Waals surface area contributed by atoms with Gasteiger partial charge in [0.25, 0.3) is 0 Å². The van der Waals surface area contributed by atoms with Crippen LogP contribution < -0.4 is 5.32 Å². The number of aliphatic hydroxyl groups is 1. The zero-order valence-electron chi connectivity index (χ0n) is 11.4. The van der Waals surface area contributed by atoms with Gasteiger partial charge < -0.3 is 10.4 Å². The molecular formula is C15H25NOS. The summed E-state index contributed by atoms with van der Waals surface area (Å²) in [6, 6.07) is 4.82. The zero-order valence-corrected chi connectivity index (χ0v) is 12.2. The highest BCUT2D eigenvalue weighted by molar-refractivity contribution is 7.10. The molecule has 1 aromatic heterocycles. The molecule has 1 saturated carbocycles. The maximum atomic E-state index is 10.5. The van der Waals surface area contributed by atoms with Crippen LogP contribution in [0.25, 0.3) is 0 Å². The van der Waals surface area contributed by atoms with Crippen molar-refractivity contribution in [1.29, 1.82) is 0 Å². The predicted octanol–water partition coefficient (Wildman–Crippen LogP) is 3.73. The SMILES string of the molecule is CC(C)C(NC1CCCCC1)C(O)c1cccs1. The lowest BCUT2D eigenvalue weighted by Crippen LogP contribution is -2.45. The van der Waals surface area contributed by atoms with Crippen molar-refractivity contribution >= 4 is 11.3 Å². The lowest BCUT2D eigenvalue weighted by atomic mass is 9.91. The molecule has 2 rings (SSSR count). The molecule has 2 unspecified atom stereocenters. The third-order valence-corrected chi connectivity index (χ3v) is 4.87. The molecule has 3 heteroatoms. The van der Waals surface area contributed by atoms with Crippen molar-refractivity contribution in [3.05, 3.63) is 22.4 Å². The van der Waals surface area contributed by atoms with Crippen LogP contribution in [0.1, 0.15) is 56.9 Å². The quantitative estimate of drug-likeness (QED) is 0.852. The molecule has 1 aliphatic carbocycles. The van der Waals surface area contributed by atoms with Crippen molar-refractivity contribution in [3.8, 4) is 0 Å². The number of rotatable bonds is 5. The van der Waals surface area contributed by atoms with Crippen LogP contribution in [0.15, 0.2) is 17.5 Å². The maximum absolute atomic E-state index is 10.5. The van der Waals surface area contributed by atoms with E-state index in [1.165, 1.54) is 32.1 Å². The van der Waals surface area contributed by atoms with Crippen molar-refractivity contribution in [2.75, 3.05) is 0 Å².